The van der Waals surface area contributed by atoms with Gasteiger partial charge in [0.25, 0.3) is 0 Å². The molecule has 0 unspecified atom stereocenters. The molecule has 1 aromatic carbocycles. The predicted octanol–water partition coefficient (Wildman–Crippen LogP) is 1.90. The number of carboxylic acids is 1. The molecule has 0 radical (unpaired) electrons. The van der Waals surface area contributed by atoms with E-state index < -0.39 is 12.0 Å². The van der Waals surface area contributed by atoms with Crippen LogP contribution in [0, 0.1) is 5.92 Å². The number of aliphatic carboxylic acids is 1. The minimum absolute atomic E-state index is 0.0155. The van der Waals surface area contributed by atoms with E-state index in [2.05, 4.69) is 5.32 Å². The van der Waals surface area contributed by atoms with E-state index in [1.165, 1.54) is 0 Å². The van der Waals surface area contributed by atoms with Crippen molar-refractivity contribution in [2.45, 2.75) is 26.4 Å². The smallest absolute Gasteiger partial charge is 0.320 e. The lowest BCUT2D eigenvalue weighted by Gasteiger charge is -2.19. The average molecular weight is 267 g/mol. The fourth-order valence-corrected chi connectivity index (χ4v) is 1.83. The van der Waals surface area contributed by atoms with E-state index >= 15 is 0 Å². The Bertz CT molecular complexity index is 431. The molecule has 0 spiro atoms. The van der Waals surface area contributed by atoms with Gasteiger partial charge < -0.3 is 14.6 Å². The highest BCUT2D eigenvalue weighted by atomic mass is 16.5. The summed E-state index contributed by atoms with van der Waals surface area (Å²) in [4.78, 5) is 11.1. The van der Waals surface area contributed by atoms with Crippen molar-refractivity contribution in [3.8, 4) is 11.5 Å². The number of methoxy groups -OCH3 is 2. The highest BCUT2D eigenvalue weighted by Gasteiger charge is 2.21. The largest absolute Gasteiger partial charge is 0.497 e. The number of carboxylic acid groups (broad SMARTS) is 1. The third-order valence-electron chi connectivity index (χ3n) is 2.94. The normalized spacial score (nSPS) is 12.3. The van der Waals surface area contributed by atoms with Crippen molar-refractivity contribution >= 4 is 5.97 Å². The van der Waals surface area contributed by atoms with Crippen LogP contribution in [0.5, 0.6) is 11.5 Å². The summed E-state index contributed by atoms with van der Waals surface area (Å²) in [6.45, 7) is 4.18. The zero-order chi connectivity index (χ0) is 14.4. The van der Waals surface area contributed by atoms with Crippen molar-refractivity contribution < 1.29 is 19.4 Å². The summed E-state index contributed by atoms with van der Waals surface area (Å²) in [5.41, 5.74) is 0.898. The molecule has 5 heteroatoms. The molecule has 1 rings (SSSR count). The van der Waals surface area contributed by atoms with Gasteiger partial charge in [-0.05, 0) is 12.0 Å². The van der Waals surface area contributed by atoms with Gasteiger partial charge in [0, 0.05) is 18.2 Å². The van der Waals surface area contributed by atoms with Crippen molar-refractivity contribution in [1.29, 1.82) is 0 Å². The van der Waals surface area contributed by atoms with E-state index in [1.54, 1.807) is 20.3 Å². The van der Waals surface area contributed by atoms with E-state index in [-0.39, 0.29) is 5.92 Å². The van der Waals surface area contributed by atoms with Gasteiger partial charge in [0.2, 0.25) is 0 Å². The minimum Gasteiger partial charge on any atom is -0.497 e. The second-order valence-electron chi connectivity index (χ2n) is 4.62. The van der Waals surface area contributed by atoms with Gasteiger partial charge in [0.1, 0.15) is 17.5 Å². The Morgan fingerprint density at radius 2 is 2.00 bits per heavy atom. The summed E-state index contributed by atoms with van der Waals surface area (Å²) in [5, 5.41) is 12.1. The molecule has 0 aromatic heterocycles. The molecule has 0 saturated carbocycles. The molecule has 0 bridgehead atoms. The molecule has 0 saturated heterocycles. The number of hydrogen-bond donors (Lipinski definition) is 2. The maximum absolute atomic E-state index is 11.1. The Kier molecular flexibility index (Phi) is 5.63. The van der Waals surface area contributed by atoms with Crippen LogP contribution in [0.15, 0.2) is 18.2 Å². The van der Waals surface area contributed by atoms with Crippen molar-refractivity contribution in [2.24, 2.45) is 5.92 Å². The molecular weight excluding hydrogens is 246 g/mol. The summed E-state index contributed by atoms with van der Waals surface area (Å²) in [6, 6.07) is 4.89. The molecule has 0 aliphatic carbocycles. The number of rotatable bonds is 7. The van der Waals surface area contributed by atoms with E-state index in [1.807, 2.05) is 26.0 Å². The van der Waals surface area contributed by atoms with Gasteiger partial charge in [0.15, 0.2) is 0 Å². The van der Waals surface area contributed by atoms with Gasteiger partial charge in [-0.25, -0.2) is 0 Å². The van der Waals surface area contributed by atoms with Crippen molar-refractivity contribution in [2.75, 3.05) is 14.2 Å². The highest BCUT2D eigenvalue weighted by molar-refractivity contribution is 5.73. The Hall–Kier alpha value is -1.75. The number of ether oxygens (including phenoxy) is 2. The van der Waals surface area contributed by atoms with Crippen molar-refractivity contribution in [3.05, 3.63) is 23.8 Å². The first kappa shape index (κ1) is 15.3. The summed E-state index contributed by atoms with van der Waals surface area (Å²) in [7, 11) is 3.17. The number of carbonyl (C=O) groups is 1. The van der Waals surface area contributed by atoms with Gasteiger partial charge in [-0.15, -0.1) is 0 Å². The zero-order valence-corrected chi connectivity index (χ0v) is 11.8. The van der Waals surface area contributed by atoms with Crippen molar-refractivity contribution in [1.82, 2.24) is 5.32 Å². The number of nitrogens with one attached hydrogen (secondary N) is 1. The molecule has 5 nitrogen and oxygen atoms in total. The molecule has 0 aliphatic heterocycles. The lowest BCUT2D eigenvalue weighted by atomic mass is 10.0. The molecular formula is C14H21NO4. The van der Waals surface area contributed by atoms with E-state index in [9.17, 15) is 4.79 Å². The minimum atomic E-state index is -0.845. The summed E-state index contributed by atoms with van der Waals surface area (Å²) < 4.78 is 10.4. The molecule has 2 N–H and O–H groups in total. The molecule has 0 fully saturated rings. The SMILES string of the molecule is COc1ccc(CN[C@@H](C(=O)O)C(C)C)c(OC)c1. The number of benzene rings is 1. The van der Waals surface area contributed by atoms with Crippen LogP contribution in [-0.2, 0) is 11.3 Å². The van der Waals surface area contributed by atoms with Gasteiger partial charge >= 0.3 is 5.97 Å². The maximum Gasteiger partial charge on any atom is 0.320 e. The monoisotopic (exact) mass is 267 g/mol. The second kappa shape index (κ2) is 6.99. The third-order valence-corrected chi connectivity index (χ3v) is 2.94. The fraction of sp³-hybridized carbons (Fsp3) is 0.500. The first-order chi connectivity index (χ1) is 8.99. The molecule has 1 atom stereocenters. The summed E-state index contributed by atoms with van der Waals surface area (Å²) in [6.07, 6.45) is 0. The lowest BCUT2D eigenvalue weighted by molar-refractivity contribution is -0.140. The fourth-order valence-electron chi connectivity index (χ4n) is 1.83. The van der Waals surface area contributed by atoms with E-state index in [4.69, 9.17) is 14.6 Å². The topological polar surface area (TPSA) is 67.8 Å². The molecule has 0 amide bonds. The molecule has 0 heterocycles. The quantitative estimate of drug-likeness (QED) is 0.789. The van der Waals surface area contributed by atoms with Crippen LogP contribution in [0.3, 0.4) is 0 Å². The predicted molar refractivity (Wildman–Crippen MR) is 72.6 cm³/mol. The van der Waals surface area contributed by atoms with Gasteiger partial charge in [-0.2, -0.15) is 0 Å². The average Bonchev–Trinajstić information content (AvgIpc) is 2.38. The van der Waals surface area contributed by atoms with Crippen LogP contribution >= 0.6 is 0 Å². The Balaban J connectivity index is 2.79. The van der Waals surface area contributed by atoms with Crippen LogP contribution < -0.4 is 14.8 Å². The van der Waals surface area contributed by atoms with Crippen molar-refractivity contribution in [3.63, 3.8) is 0 Å². The Morgan fingerprint density at radius 3 is 2.47 bits per heavy atom. The summed E-state index contributed by atoms with van der Waals surface area (Å²) >= 11 is 0. The van der Waals surface area contributed by atoms with Crippen LogP contribution in [0.4, 0.5) is 0 Å². The highest BCUT2D eigenvalue weighted by Crippen LogP contribution is 2.24. The maximum atomic E-state index is 11.1. The third kappa shape index (κ3) is 4.13. The molecule has 19 heavy (non-hydrogen) atoms. The van der Waals surface area contributed by atoms with Gasteiger partial charge in [-0.3, -0.25) is 10.1 Å². The van der Waals surface area contributed by atoms with Crippen LogP contribution in [0.25, 0.3) is 0 Å². The first-order valence-corrected chi connectivity index (χ1v) is 6.16. The summed E-state index contributed by atoms with van der Waals surface area (Å²) in [5.74, 6) is 0.559. The van der Waals surface area contributed by atoms with Gasteiger partial charge in [0.05, 0.1) is 14.2 Å². The lowest BCUT2D eigenvalue weighted by Crippen LogP contribution is -2.40. The first-order valence-electron chi connectivity index (χ1n) is 6.16. The molecule has 106 valence electrons. The molecule has 1 aromatic rings. The Morgan fingerprint density at radius 1 is 1.32 bits per heavy atom. The van der Waals surface area contributed by atoms with Crippen LogP contribution in [0.1, 0.15) is 19.4 Å². The Labute approximate surface area is 113 Å². The zero-order valence-electron chi connectivity index (χ0n) is 11.8. The van der Waals surface area contributed by atoms with Gasteiger partial charge in [-0.1, -0.05) is 19.9 Å². The second-order valence-corrected chi connectivity index (χ2v) is 4.62. The number of hydrogen-bond acceptors (Lipinski definition) is 4. The standard InChI is InChI=1S/C14H21NO4/c1-9(2)13(14(16)17)15-8-10-5-6-11(18-3)7-12(10)19-4/h5-7,9,13,15H,8H2,1-4H3,(H,16,17)/t13-/m1/s1. The van der Waals surface area contributed by atoms with Crippen LogP contribution in [0.2, 0.25) is 0 Å². The molecule has 0 aliphatic rings. The van der Waals surface area contributed by atoms with Crippen LogP contribution in [-0.4, -0.2) is 31.3 Å². The van der Waals surface area contributed by atoms with E-state index in [0.717, 1.165) is 5.56 Å². The van der Waals surface area contributed by atoms with E-state index in [0.29, 0.717) is 18.0 Å².